The van der Waals surface area contributed by atoms with Gasteiger partial charge in [-0.15, -0.1) is 0 Å². The Morgan fingerprint density at radius 2 is 2.15 bits per heavy atom. The Labute approximate surface area is 122 Å². The summed E-state index contributed by atoms with van der Waals surface area (Å²) in [6, 6.07) is 0.383. The van der Waals surface area contributed by atoms with E-state index in [4.69, 9.17) is 4.52 Å². The minimum Gasteiger partial charge on any atom is -0.339 e. The van der Waals surface area contributed by atoms with Crippen LogP contribution in [0.15, 0.2) is 4.52 Å². The third-order valence-corrected chi connectivity index (χ3v) is 4.43. The minimum absolute atomic E-state index is 0.383. The largest absolute Gasteiger partial charge is 0.339 e. The summed E-state index contributed by atoms with van der Waals surface area (Å²) in [5.41, 5.74) is 0.450. The molecule has 2 rings (SSSR count). The fourth-order valence-corrected chi connectivity index (χ4v) is 3.78. The monoisotopic (exact) mass is 279 g/mol. The normalized spacial score (nSPS) is 27.4. The highest BCUT2D eigenvalue weighted by Gasteiger charge is 2.32. The van der Waals surface area contributed by atoms with Crippen LogP contribution in [0.4, 0.5) is 0 Å². The second-order valence-corrected chi connectivity index (χ2v) is 7.48. The van der Waals surface area contributed by atoms with Crippen LogP contribution in [-0.4, -0.2) is 23.2 Å². The first-order chi connectivity index (χ1) is 9.38. The van der Waals surface area contributed by atoms with Crippen LogP contribution in [0, 0.1) is 17.3 Å². The molecule has 0 amide bonds. The van der Waals surface area contributed by atoms with Crippen molar-refractivity contribution >= 4 is 0 Å². The summed E-state index contributed by atoms with van der Waals surface area (Å²) < 4.78 is 5.43. The average Bonchev–Trinajstić information content (AvgIpc) is 2.73. The first-order valence-electron chi connectivity index (χ1n) is 7.86. The quantitative estimate of drug-likeness (QED) is 0.899. The van der Waals surface area contributed by atoms with Gasteiger partial charge in [-0.3, -0.25) is 0 Å². The van der Waals surface area contributed by atoms with Gasteiger partial charge in [-0.1, -0.05) is 25.9 Å². The van der Waals surface area contributed by atoms with E-state index in [9.17, 15) is 0 Å². The SMILES string of the molecule is CNC(C)Cc1noc(CC2CC(C)CC(C)(C)C2)n1. The third-order valence-electron chi connectivity index (χ3n) is 4.43. The van der Waals surface area contributed by atoms with E-state index in [-0.39, 0.29) is 0 Å². The van der Waals surface area contributed by atoms with Crippen LogP contribution < -0.4 is 5.32 Å². The lowest BCUT2D eigenvalue weighted by molar-refractivity contribution is 0.127. The Kier molecular flexibility index (Phi) is 4.84. The maximum Gasteiger partial charge on any atom is 0.226 e. The molecule has 1 aliphatic rings. The molecule has 1 aliphatic carbocycles. The molecule has 3 atom stereocenters. The Bertz CT molecular complexity index is 427. The number of likely N-dealkylation sites (N-methyl/N-ethyl adjacent to an activating group) is 1. The van der Waals surface area contributed by atoms with Crippen molar-refractivity contribution in [2.24, 2.45) is 17.3 Å². The molecule has 0 spiro atoms. The molecule has 4 nitrogen and oxygen atoms in total. The van der Waals surface area contributed by atoms with E-state index < -0.39 is 0 Å². The number of hydrogen-bond donors (Lipinski definition) is 1. The molecule has 114 valence electrons. The van der Waals surface area contributed by atoms with Crippen molar-refractivity contribution in [3.8, 4) is 0 Å². The number of hydrogen-bond acceptors (Lipinski definition) is 4. The summed E-state index contributed by atoms with van der Waals surface area (Å²) in [5.74, 6) is 3.13. The number of rotatable bonds is 5. The van der Waals surface area contributed by atoms with Gasteiger partial charge in [-0.25, -0.2) is 0 Å². The number of nitrogens with one attached hydrogen (secondary N) is 1. The Morgan fingerprint density at radius 1 is 1.40 bits per heavy atom. The van der Waals surface area contributed by atoms with Crippen molar-refractivity contribution in [1.29, 1.82) is 0 Å². The molecule has 0 saturated heterocycles. The van der Waals surface area contributed by atoms with Crippen LogP contribution >= 0.6 is 0 Å². The van der Waals surface area contributed by atoms with Crippen molar-refractivity contribution in [3.63, 3.8) is 0 Å². The van der Waals surface area contributed by atoms with Crippen molar-refractivity contribution in [3.05, 3.63) is 11.7 Å². The first-order valence-corrected chi connectivity index (χ1v) is 7.86. The third kappa shape index (κ3) is 4.30. The van der Waals surface area contributed by atoms with E-state index in [0.29, 0.717) is 17.4 Å². The van der Waals surface area contributed by atoms with Gasteiger partial charge in [0.25, 0.3) is 0 Å². The molecule has 0 radical (unpaired) electrons. The molecule has 1 fully saturated rings. The smallest absolute Gasteiger partial charge is 0.226 e. The van der Waals surface area contributed by atoms with Gasteiger partial charge in [-0.05, 0) is 50.5 Å². The summed E-state index contributed by atoms with van der Waals surface area (Å²) in [7, 11) is 1.96. The molecule has 0 bridgehead atoms. The average molecular weight is 279 g/mol. The Hall–Kier alpha value is -0.900. The summed E-state index contributed by atoms with van der Waals surface area (Å²) in [6.07, 6.45) is 5.65. The van der Waals surface area contributed by atoms with Gasteiger partial charge in [0.1, 0.15) is 0 Å². The number of aromatic nitrogens is 2. The van der Waals surface area contributed by atoms with Crippen LogP contribution in [0.1, 0.15) is 58.7 Å². The van der Waals surface area contributed by atoms with Crippen LogP contribution in [0.3, 0.4) is 0 Å². The molecule has 1 N–H and O–H groups in total. The van der Waals surface area contributed by atoms with E-state index in [1.54, 1.807) is 0 Å². The number of nitrogens with zero attached hydrogens (tertiary/aromatic N) is 2. The van der Waals surface area contributed by atoms with E-state index >= 15 is 0 Å². The second-order valence-electron chi connectivity index (χ2n) is 7.48. The van der Waals surface area contributed by atoms with Gasteiger partial charge in [0.2, 0.25) is 5.89 Å². The summed E-state index contributed by atoms with van der Waals surface area (Å²) in [5, 5.41) is 7.30. The predicted molar refractivity (Wildman–Crippen MR) is 80.5 cm³/mol. The highest BCUT2D eigenvalue weighted by molar-refractivity contribution is 4.93. The second kappa shape index (κ2) is 6.25. The topological polar surface area (TPSA) is 51.0 Å². The molecule has 1 aromatic heterocycles. The standard InChI is InChI=1S/C16H29N3O/c1-11-6-13(10-16(3,4)9-11)8-15-18-14(19-20-15)7-12(2)17-5/h11-13,17H,6-10H2,1-5H3. The van der Waals surface area contributed by atoms with Gasteiger partial charge >= 0.3 is 0 Å². The van der Waals surface area contributed by atoms with Gasteiger partial charge in [-0.2, -0.15) is 4.98 Å². The van der Waals surface area contributed by atoms with Crippen LogP contribution in [0.25, 0.3) is 0 Å². The molecular formula is C16H29N3O. The van der Waals surface area contributed by atoms with Crippen molar-refractivity contribution < 1.29 is 4.52 Å². The molecule has 20 heavy (non-hydrogen) atoms. The minimum atomic E-state index is 0.383. The highest BCUT2D eigenvalue weighted by atomic mass is 16.5. The molecule has 0 aliphatic heterocycles. The van der Waals surface area contributed by atoms with Gasteiger partial charge in [0.05, 0.1) is 0 Å². The van der Waals surface area contributed by atoms with E-state index in [0.717, 1.165) is 30.5 Å². The fourth-order valence-electron chi connectivity index (χ4n) is 3.78. The van der Waals surface area contributed by atoms with E-state index in [1.165, 1.54) is 19.3 Å². The Morgan fingerprint density at radius 3 is 2.80 bits per heavy atom. The van der Waals surface area contributed by atoms with Crippen molar-refractivity contribution in [1.82, 2.24) is 15.5 Å². The first kappa shape index (κ1) is 15.5. The summed E-state index contributed by atoms with van der Waals surface area (Å²) in [4.78, 5) is 4.55. The summed E-state index contributed by atoms with van der Waals surface area (Å²) >= 11 is 0. The highest BCUT2D eigenvalue weighted by Crippen LogP contribution is 2.42. The van der Waals surface area contributed by atoms with Crippen molar-refractivity contribution in [2.75, 3.05) is 7.05 Å². The molecule has 4 heteroatoms. The lowest BCUT2D eigenvalue weighted by Gasteiger charge is -2.38. The molecule has 1 heterocycles. The Balaban J connectivity index is 1.93. The lowest BCUT2D eigenvalue weighted by Crippen LogP contribution is -2.28. The zero-order chi connectivity index (χ0) is 14.8. The van der Waals surface area contributed by atoms with Gasteiger partial charge < -0.3 is 9.84 Å². The maximum absolute atomic E-state index is 5.43. The molecular weight excluding hydrogens is 250 g/mol. The maximum atomic E-state index is 5.43. The summed E-state index contributed by atoms with van der Waals surface area (Å²) in [6.45, 7) is 9.25. The van der Waals surface area contributed by atoms with Crippen molar-refractivity contribution in [2.45, 2.75) is 65.8 Å². The molecule has 1 aromatic rings. The molecule has 1 saturated carbocycles. The van der Waals surface area contributed by atoms with Crippen LogP contribution in [0.5, 0.6) is 0 Å². The van der Waals surface area contributed by atoms with Gasteiger partial charge in [0, 0.05) is 18.9 Å². The van der Waals surface area contributed by atoms with Gasteiger partial charge in [0.15, 0.2) is 5.82 Å². The zero-order valence-corrected chi connectivity index (χ0v) is 13.6. The molecule has 0 aromatic carbocycles. The zero-order valence-electron chi connectivity index (χ0n) is 13.6. The van der Waals surface area contributed by atoms with Crippen LogP contribution in [0.2, 0.25) is 0 Å². The molecule has 3 unspecified atom stereocenters. The predicted octanol–water partition coefficient (Wildman–Crippen LogP) is 3.22. The van der Waals surface area contributed by atoms with E-state index in [2.05, 4.69) is 43.2 Å². The van der Waals surface area contributed by atoms with Crippen LogP contribution in [-0.2, 0) is 12.8 Å². The lowest BCUT2D eigenvalue weighted by atomic mass is 9.67. The fraction of sp³-hybridized carbons (Fsp3) is 0.875. The van der Waals surface area contributed by atoms with E-state index in [1.807, 2.05) is 7.05 Å².